The average Bonchev–Trinajstić information content (AvgIpc) is 2.46. The molecule has 2 rings (SSSR count). The van der Waals surface area contributed by atoms with E-state index < -0.39 is 0 Å². The van der Waals surface area contributed by atoms with Gasteiger partial charge in [0.25, 0.3) is 0 Å². The molecule has 4 nitrogen and oxygen atoms in total. The molecule has 0 saturated carbocycles. The Morgan fingerprint density at radius 1 is 1.14 bits per heavy atom. The quantitative estimate of drug-likeness (QED) is 0.280. The van der Waals surface area contributed by atoms with E-state index in [1.807, 2.05) is 24.3 Å². The summed E-state index contributed by atoms with van der Waals surface area (Å²) in [5, 5.41) is 9.36. The minimum absolute atomic E-state index is 0.0447. The summed E-state index contributed by atoms with van der Waals surface area (Å²) in [6.07, 6.45) is 3.45. The highest BCUT2D eigenvalue weighted by atomic mass is 16.5. The Balaban J connectivity index is 2.10. The fraction of sp³-hybridized carbons (Fsp3) is 0.294. The lowest BCUT2D eigenvalue weighted by atomic mass is 10.1. The first-order valence-corrected chi connectivity index (χ1v) is 7.19. The molecule has 0 fully saturated rings. The van der Waals surface area contributed by atoms with E-state index in [4.69, 9.17) is 15.9 Å². The monoisotopic (exact) mass is 284 g/mol. The van der Waals surface area contributed by atoms with Crippen molar-refractivity contribution in [1.29, 1.82) is 5.41 Å². The van der Waals surface area contributed by atoms with Crippen molar-refractivity contribution in [2.75, 3.05) is 0 Å². The van der Waals surface area contributed by atoms with Crippen molar-refractivity contribution in [3.05, 3.63) is 42.0 Å². The van der Waals surface area contributed by atoms with Gasteiger partial charge >= 0.3 is 5.97 Å². The van der Waals surface area contributed by atoms with Crippen LogP contribution in [0.15, 0.2) is 36.4 Å². The number of hydrogen-bond donors (Lipinski definition) is 2. The van der Waals surface area contributed by atoms with Gasteiger partial charge in [0.1, 0.15) is 11.6 Å². The third-order valence-corrected chi connectivity index (χ3v) is 3.34. The number of carbonyl (C=O) groups excluding carboxylic acids is 1. The topological polar surface area (TPSA) is 76.2 Å². The minimum Gasteiger partial charge on any atom is -0.427 e. The van der Waals surface area contributed by atoms with Crippen molar-refractivity contribution < 1.29 is 9.53 Å². The first-order valence-electron chi connectivity index (χ1n) is 7.19. The lowest BCUT2D eigenvalue weighted by molar-refractivity contribution is -0.134. The van der Waals surface area contributed by atoms with E-state index in [-0.39, 0.29) is 11.8 Å². The summed E-state index contributed by atoms with van der Waals surface area (Å²) in [4.78, 5) is 11.7. The van der Waals surface area contributed by atoms with Crippen molar-refractivity contribution in [3.8, 4) is 5.75 Å². The Morgan fingerprint density at radius 2 is 1.86 bits per heavy atom. The Morgan fingerprint density at radius 3 is 2.57 bits per heavy atom. The molecule has 110 valence electrons. The Kier molecular flexibility index (Phi) is 4.93. The van der Waals surface area contributed by atoms with Crippen LogP contribution in [0.4, 0.5) is 0 Å². The van der Waals surface area contributed by atoms with Crippen molar-refractivity contribution in [2.24, 2.45) is 5.73 Å². The predicted octanol–water partition coefficient (Wildman–Crippen LogP) is 3.61. The molecule has 0 aliphatic rings. The van der Waals surface area contributed by atoms with Crippen LogP contribution in [0.3, 0.4) is 0 Å². The van der Waals surface area contributed by atoms with Crippen LogP contribution in [0.1, 0.15) is 38.2 Å². The first-order chi connectivity index (χ1) is 10.1. The number of hydrogen-bond acceptors (Lipinski definition) is 3. The molecule has 0 radical (unpaired) electrons. The summed E-state index contributed by atoms with van der Waals surface area (Å²) in [5.41, 5.74) is 6.16. The Labute approximate surface area is 124 Å². The van der Waals surface area contributed by atoms with Gasteiger partial charge in [-0.3, -0.25) is 10.2 Å². The molecule has 0 atom stereocenters. The molecule has 0 aliphatic heterocycles. The van der Waals surface area contributed by atoms with E-state index in [9.17, 15) is 4.79 Å². The van der Waals surface area contributed by atoms with Crippen LogP contribution in [0.25, 0.3) is 10.8 Å². The lowest BCUT2D eigenvalue weighted by Crippen LogP contribution is -2.10. The van der Waals surface area contributed by atoms with Crippen LogP contribution in [0.2, 0.25) is 0 Å². The maximum atomic E-state index is 11.7. The normalized spacial score (nSPS) is 10.5. The molecule has 0 aromatic heterocycles. The van der Waals surface area contributed by atoms with Gasteiger partial charge in [0.15, 0.2) is 0 Å². The first kappa shape index (κ1) is 15.0. The molecule has 0 bridgehead atoms. The molecule has 0 aliphatic carbocycles. The third-order valence-electron chi connectivity index (χ3n) is 3.34. The molecule has 0 spiro atoms. The number of rotatable bonds is 6. The van der Waals surface area contributed by atoms with Gasteiger partial charge in [0.2, 0.25) is 0 Å². The maximum Gasteiger partial charge on any atom is 0.311 e. The second-order valence-corrected chi connectivity index (χ2v) is 5.07. The van der Waals surface area contributed by atoms with Gasteiger partial charge in [-0.05, 0) is 35.4 Å². The summed E-state index contributed by atoms with van der Waals surface area (Å²) in [7, 11) is 0. The van der Waals surface area contributed by atoms with Crippen LogP contribution in [-0.2, 0) is 4.79 Å². The molecular weight excluding hydrogens is 264 g/mol. The highest BCUT2D eigenvalue weighted by Gasteiger charge is 2.06. The van der Waals surface area contributed by atoms with Crippen molar-refractivity contribution in [2.45, 2.75) is 32.6 Å². The van der Waals surface area contributed by atoms with Crippen molar-refractivity contribution >= 4 is 22.6 Å². The number of nitrogens with one attached hydrogen (secondary N) is 1. The molecule has 0 heterocycles. The second-order valence-electron chi connectivity index (χ2n) is 5.07. The van der Waals surface area contributed by atoms with Crippen LogP contribution < -0.4 is 10.5 Å². The number of nitrogens with two attached hydrogens (primary N) is 1. The zero-order valence-electron chi connectivity index (χ0n) is 12.2. The SMILES string of the molecule is CCCCCC(=O)Oc1ccc2cc(C(=N)N)ccc2c1. The van der Waals surface area contributed by atoms with E-state index in [1.165, 1.54) is 0 Å². The summed E-state index contributed by atoms with van der Waals surface area (Å²) >= 11 is 0. The largest absolute Gasteiger partial charge is 0.427 e. The molecule has 0 amide bonds. The van der Waals surface area contributed by atoms with Gasteiger partial charge in [-0.2, -0.15) is 0 Å². The molecule has 2 aromatic rings. The number of ether oxygens (including phenoxy) is 1. The number of fused-ring (bicyclic) bond motifs is 1. The van der Waals surface area contributed by atoms with Gasteiger partial charge < -0.3 is 10.5 Å². The van der Waals surface area contributed by atoms with E-state index in [0.29, 0.717) is 17.7 Å². The zero-order chi connectivity index (χ0) is 15.2. The van der Waals surface area contributed by atoms with Gasteiger partial charge in [-0.25, -0.2) is 0 Å². The van der Waals surface area contributed by atoms with E-state index in [2.05, 4.69) is 6.92 Å². The summed E-state index contributed by atoms with van der Waals surface area (Å²) in [5.74, 6) is 0.408. The Bertz CT molecular complexity index is 665. The lowest BCUT2D eigenvalue weighted by Gasteiger charge is -2.07. The third kappa shape index (κ3) is 4.05. The highest BCUT2D eigenvalue weighted by molar-refractivity contribution is 5.99. The zero-order valence-corrected chi connectivity index (χ0v) is 12.2. The number of benzene rings is 2. The van der Waals surface area contributed by atoms with Gasteiger partial charge in [0, 0.05) is 12.0 Å². The molecular formula is C17H20N2O2. The number of carbonyl (C=O) groups is 1. The van der Waals surface area contributed by atoms with Crippen LogP contribution in [0.5, 0.6) is 5.75 Å². The van der Waals surface area contributed by atoms with Crippen LogP contribution in [0, 0.1) is 5.41 Å². The molecule has 4 heteroatoms. The van der Waals surface area contributed by atoms with Crippen LogP contribution in [-0.4, -0.2) is 11.8 Å². The standard InChI is InChI=1S/C17H20N2O2/c1-2-3-4-5-16(20)21-15-9-8-12-10-14(17(18)19)7-6-13(12)11-15/h6-11H,2-5H2,1H3,(H3,18,19). The fourth-order valence-electron chi connectivity index (χ4n) is 2.16. The average molecular weight is 284 g/mol. The van der Waals surface area contributed by atoms with Gasteiger partial charge in [0.05, 0.1) is 0 Å². The smallest absolute Gasteiger partial charge is 0.311 e. The fourth-order valence-corrected chi connectivity index (χ4v) is 2.16. The van der Waals surface area contributed by atoms with E-state index in [1.54, 1.807) is 12.1 Å². The van der Waals surface area contributed by atoms with E-state index in [0.717, 1.165) is 30.0 Å². The second kappa shape index (κ2) is 6.88. The Hall–Kier alpha value is -2.36. The molecule has 0 unspecified atom stereocenters. The van der Waals surface area contributed by atoms with Gasteiger partial charge in [-0.1, -0.05) is 38.0 Å². The molecule has 3 N–H and O–H groups in total. The van der Waals surface area contributed by atoms with E-state index >= 15 is 0 Å². The van der Waals surface area contributed by atoms with Gasteiger partial charge in [-0.15, -0.1) is 0 Å². The number of esters is 1. The highest BCUT2D eigenvalue weighted by Crippen LogP contribution is 2.22. The molecule has 2 aromatic carbocycles. The summed E-state index contributed by atoms with van der Waals surface area (Å²) in [6, 6.07) is 11.0. The van der Waals surface area contributed by atoms with Crippen LogP contribution >= 0.6 is 0 Å². The molecule has 21 heavy (non-hydrogen) atoms. The van der Waals surface area contributed by atoms with Crippen molar-refractivity contribution in [1.82, 2.24) is 0 Å². The maximum absolute atomic E-state index is 11.7. The predicted molar refractivity (Wildman–Crippen MR) is 84.7 cm³/mol. The number of unbranched alkanes of at least 4 members (excludes halogenated alkanes) is 2. The number of nitrogen functional groups attached to an aromatic ring is 1. The van der Waals surface area contributed by atoms with Crippen molar-refractivity contribution in [3.63, 3.8) is 0 Å². The minimum atomic E-state index is -0.192. The molecule has 0 saturated heterocycles. The number of amidine groups is 1. The summed E-state index contributed by atoms with van der Waals surface area (Å²) < 4.78 is 5.34. The summed E-state index contributed by atoms with van der Waals surface area (Å²) in [6.45, 7) is 2.10.